The van der Waals surface area contributed by atoms with Crippen LogP contribution in [0.2, 0.25) is 0 Å². The number of H-pyrrole nitrogens is 1. The molecule has 0 spiro atoms. The van der Waals surface area contributed by atoms with Crippen LogP contribution in [0.25, 0.3) is 0 Å². The van der Waals surface area contributed by atoms with Gasteiger partial charge in [-0.15, -0.1) is 0 Å². The number of aryl methyl sites for hydroxylation is 1. The van der Waals surface area contributed by atoms with Crippen molar-refractivity contribution >= 4 is 11.6 Å². The summed E-state index contributed by atoms with van der Waals surface area (Å²) in [6.45, 7) is 13.2. The Bertz CT molecular complexity index is 795. The van der Waals surface area contributed by atoms with E-state index in [4.69, 9.17) is 0 Å². The fourth-order valence-electron chi connectivity index (χ4n) is 3.75. The van der Waals surface area contributed by atoms with Gasteiger partial charge in [-0.05, 0) is 61.3 Å². The van der Waals surface area contributed by atoms with Crippen LogP contribution in [0.5, 0.6) is 0 Å². The number of aromatic nitrogens is 2. The monoisotopic (exact) mass is 368 g/mol. The molecule has 2 N–H and O–H groups in total. The minimum absolute atomic E-state index is 0.147. The van der Waals surface area contributed by atoms with Crippen LogP contribution in [-0.4, -0.2) is 40.6 Å². The number of hydrogen-bond acceptors (Lipinski definition) is 3. The number of rotatable bonds is 4. The molecular weight excluding hydrogens is 336 g/mol. The number of amides is 1. The van der Waals surface area contributed by atoms with E-state index in [9.17, 15) is 4.79 Å². The molecule has 2 heterocycles. The SMILES string of the molecule is Cc1[nH]ncc1C1CCN(C(=O)c2cccc(NCC(C)(C)C)c2C)CC1. The van der Waals surface area contributed by atoms with Crippen LogP contribution in [0, 0.1) is 19.3 Å². The van der Waals surface area contributed by atoms with Crippen molar-refractivity contribution in [3.05, 3.63) is 46.8 Å². The third-order valence-electron chi connectivity index (χ3n) is 5.46. The van der Waals surface area contributed by atoms with Gasteiger partial charge < -0.3 is 10.2 Å². The smallest absolute Gasteiger partial charge is 0.254 e. The number of piperidine rings is 1. The van der Waals surface area contributed by atoms with E-state index in [1.807, 2.05) is 30.2 Å². The molecule has 146 valence electrons. The molecule has 1 aromatic carbocycles. The normalized spacial score (nSPS) is 15.8. The fraction of sp³-hybridized carbons (Fsp3) is 0.545. The van der Waals surface area contributed by atoms with Crippen LogP contribution in [0.4, 0.5) is 5.69 Å². The molecule has 1 aliphatic heterocycles. The van der Waals surface area contributed by atoms with Gasteiger partial charge in [-0.3, -0.25) is 9.89 Å². The third kappa shape index (κ3) is 4.52. The van der Waals surface area contributed by atoms with Gasteiger partial charge in [-0.1, -0.05) is 26.8 Å². The summed E-state index contributed by atoms with van der Waals surface area (Å²) in [5.74, 6) is 0.642. The Morgan fingerprint density at radius 2 is 1.96 bits per heavy atom. The first kappa shape index (κ1) is 19.5. The minimum atomic E-state index is 0.147. The summed E-state index contributed by atoms with van der Waals surface area (Å²) < 4.78 is 0. The summed E-state index contributed by atoms with van der Waals surface area (Å²) in [6, 6.07) is 5.99. The predicted octanol–water partition coefficient (Wildman–Crippen LogP) is 4.50. The molecule has 0 radical (unpaired) electrons. The van der Waals surface area contributed by atoms with Crippen molar-refractivity contribution in [1.82, 2.24) is 15.1 Å². The number of benzene rings is 1. The second kappa shape index (κ2) is 7.75. The molecule has 2 aromatic rings. The van der Waals surface area contributed by atoms with Crippen LogP contribution in [0.1, 0.15) is 66.7 Å². The van der Waals surface area contributed by atoms with E-state index in [-0.39, 0.29) is 11.3 Å². The predicted molar refractivity (Wildman–Crippen MR) is 110 cm³/mol. The van der Waals surface area contributed by atoms with Gasteiger partial charge in [0.2, 0.25) is 0 Å². The maximum atomic E-state index is 13.1. The first-order valence-electron chi connectivity index (χ1n) is 9.89. The van der Waals surface area contributed by atoms with E-state index < -0.39 is 0 Å². The molecule has 1 aliphatic rings. The van der Waals surface area contributed by atoms with Crippen molar-refractivity contribution in [2.45, 2.75) is 53.4 Å². The second-order valence-corrected chi connectivity index (χ2v) is 8.91. The van der Waals surface area contributed by atoms with E-state index in [1.54, 1.807) is 0 Å². The molecular formula is C22H32N4O. The van der Waals surface area contributed by atoms with Gasteiger partial charge in [0.15, 0.2) is 0 Å². The van der Waals surface area contributed by atoms with Crippen LogP contribution >= 0.6 is 0 Å². The molecule has 5 heteroatoms. The standard InChI is InChI=1S/C22H32N4O/c1-15-18(7-6-8-20(15)23-14-22(3,4)5)21(27)26-11-9-17(10-12-26)19-13-24-25-16(19)2/h6-8,13,17,23H,9-12,14H2,1-5H3,(H,24,25). The van der Waals surface area contributed by atoms with E-state index in [2.05, 4.69) is 49.3 Å². The lowest BCUT2D eigenvalue weighted by molar-refractivity contribution is 0.0712. The van der Waals surface area contributed by atoms with Crippen molar-refractivity contribution < 1.29 is 4.79 Å². The van der Waals surface area contributed by atoms with Crippen molar-refractivity contribution in [2.75, 3.05) is 25.0 Å². The Morgan fingerprint density at radius 1 is 1.26 bits per heavy atom. The highest BCUT2D eigenvalue weighted by molar-refractivity contribution is 5.97. The third-order valence-corrected chi connectivity index (χ3v) is 5.46. The summed E-state index contributed by atoms with van der Waals surface area (Å²) in [6.07, 6.45) is 3.92. The average molecular weight is 369 g/mol. The van der Waals surface area contributed by atoms with Crippen LogP contribution in [0.3, 0.4) is 0 Å². The molecule has 1 saturated heterocycles. The van der Waals surface area contributed by atoms with Gasteiger partial charge in [0.1, 0.15) is 0 Å². The van der Waals surface area contributed by atoms with Crippen molar-refractivity contribution in [3.8, 4) is 0 Å². The zero-order chi connectivity index (χ0) is 19.6. The molecule has 1 amide bonds. The first-order chi connectivity index (χ1) is 12.8. The largest absolute Gasteiger partial charge is 0.384 e. The van der Waals surface area contributed by atoms with Gasteiger partial charge in [0.05, 0.1) is 6.20 Å². The Labute approximate surface area is 162 Å². The highest BCUT2D eigenvalue weighted by Gasteiger charge is 2.27. The van der Waals surface area contributed by atoms with Gasteiger partial charge >= 0.3 is 0 Å². The topological polar surface area (TPSA) is 61.0 Å². The number of nitrogens with one attached hydrogen (secondary N) is 2. The van der Waals surface area contributed by atoms with Crippen molar-refractivity contribution in [1.29, 1.82) is 0 Å². The molecule has 0 saturated carbocycles. The lowest BCUT2D eigenvalue weighted by Gasteiger charge is -2.32. The second-order valence-electron chi connectivity index (χ2n) is 8.91. The number of anilines is 1. The summed E-state index contributed by atoms with van der Waals surface area (Å²) in [5.41, 5.74) is 5.55. The van der Waals surface area contributed by atoms with Crippen molar-refractivity contribution in [2.24, 2.45) is 5.41 Å². The molecule has 0 atom stereocenters. The molecule has 1 aromatic heterocycles. The van der Waals surface area contributed by atoms with E-state index in [0.717, 1.165) is 55.0 Å². The lowest BCUT2D eigenvalue weighted by atomic mass is 9.89. The maximum absolute atomic E-state index is 13.1. The molecule has 5 nitrogen and oxygen atoms in total. The van der Waals surface area contributed by atoms with Gasteiger partial charge in [0, 0.05) is 36.6 Å². The number of hydrogen-bond donors (Lipinski definition) is 2. The summed E-state index contributed by atoms with van der Waals surface area (Å²) in [7, 11) is 0. The van der Waals surface area contributed by atoms with Gasteiger partial charge in [-0.2, -0.15) is 5.10 Å². The highest BCUT2D eigenvalue weighted by Crippen LogP contribution is 2.30. The fourth-order valence-corrected chi connectivity index (χ4v) is 3.75. The van der Waals surface area contributed by atoms with Crippen LogP contribution < -0.4 is 5.32 Å². The Kier molecular flexibility index (Phi) is 5.59. The Balaban J connectivity index is 1.67. The number of carbonyl (C=O) groups excluding carboxylic acids is 1. The Hall–Kier alpha value is -2.30. The number of carbonyl (C=O) groups is 1. The summed E-state index contributed by atoms with van der Waals surface area (Å²) in [4.78, 5) is 15.1. The number of nitrogens with zero attached hydrogens (tertiary/aromatic N) is 2. The van der Waals surface area contributed by atoms with Crippen molar-refractivity contribution in [3.63, 3.8) is 0 Å². The van der Waals surface area contributed by atoms with E-state index in [1.165, 1.54) is 5.56 Å². The first-order valence-corrected chi connectivity index (χ1v) is 9.89. The zero-order valence-electron chi connectivity index (χ0n) is 17.2. The van der Waals surface area contributed by atoms with Crippen LogP contribution in [0.15, 0.2) is 24.4 Å². The Morgan fingerprint density at radius 3 is 2.56 bits per heavy atom. The summed E-state index contributed by atoms with van der Waals surface area (Å²) >= 11 is 0. The molecule has 27 heavy (non-hydrogen) atoms. The van der Waals surface area contributed by atoms with E-state index >= 15 is 0 Å². The minimum Gasteiger partial charge on any atom is -0.384 e. The number of aromatic amines is 1. The molecule has 0 bridgehead atoms. The highest BCUT2D eigenvalue weighted by atomic mass is 16.2. The molecule has 3 rings (SSSR count). The van der Waals surface area contributed by atoms with Crippen LogP contribution in [-0.2, 0) is 0 Å². The summed E-state index contributed by atoms with van der Waals surface area (Å²) in [5, 5.41) is 10.7. The molecule has 0 unspecified atom stereocenters. The lowest BCUT2D eigenvalue weighted by Crippen LogP contribution is -2.38. The van der Waals surface area contributed by atoms with E-state index in [0.29, 0.717) is 5.92 Å². The number of likely N-dealkylation sites (tertiary alicyclic amines) is 1. The molecule has 1 fully saturated rings. The quantitative estimate of drug-likeness (QED) is 0.835. The van der Waals surface area contributed by atoms with Gasteiger partial charge in [0.25, 0.3) is 5.91 Å². The molecule has 0 aliphatic carbocycles. The van der Waals surface area contributed by atoms with Gasteiger partial charge in [-0.25, -0.2) is 0 Å². The zero-order valence-corrected chi connectivity index (χ0v) is 17.2. The maximum Gasteiger partial charge on any atom is 0.254 e. The average Bonchev–Trinajstić information content (AvgIpc) is 3.06.